The predicted octanol–water partition coefficient (Wildman–Crippen LogP) is 1.72. The predicted molar refractivity (Wildman–Crippen MR) is 69.1 cm³/mol. The summed E-state index contributed by atoms with van der Waals surface area (Å²) in [5.74, 6) is 0. The molecule has 0 aromatic carbocycles. The minimum atomic E-state index is 0.0455. The molecule has 1 fully saturated rings. The van der Waals surface area contributed by atoms with Gasteiger partial charge in [-0.15, -0.1) is 0 Å². The van der Waals surface area contributed by atoms with Crippen molar-refractivity contribution in [3.05, 3.63) is 24.0 Å². The monoisotopic (exact) mass is 235 g/mol. The summed E-state index contributed by atoms with van der Waals surface area (Å²) >= 11 is 0. The molecule has 94 valence electrons. The van der Waals surface area contributed by atoms with Gasteiger partial charge in [-0.05, 0) is 25.0 Å². The number of pyridine rings is 1. The lowest BCUT2D eigenvalue weighted by Crippen LogP contribution is -2.31. The highest BCUT2D eigenvalue weighted by Gasteiger charge is 2.20. The van der Waals surface area contributed by atoms with E-state index in [0.717, 1.165) is 37.4 Å². The number of aromatic nitrogens is 1. The van der Waals surface area contributed by atoms with Gasteiger partial charge < -0.3 is 15.4 Å². The third-order valence-electron chi connectivity index (χ3n) is 3.45. The second kappa shape index (κ2) is 5.47. The molecule has 2 heterocycles. The van der Waals surface area contributed by atoms with Crippen LogP contribution in [0, 0.1) is 0 Å². The number of likely N-dealkylation sites (N-methyl/N-ethyl adjacent to an activating group) is 1. The Labute approximate surface area is 103 Å². The van der Waals surface area contributed by atoms with Crippen LogP contribution in [0.4, 0.5) is 5.69 Å². The van der Waals surface area contributed by atoms with E-state index in [-0.39, 0.29) is 6.04 Å². The first-order chi connectivity index (χ1) is 8.22. The van der Waals surface area contributed by atoms with E-state index >= 15 is 0 Å². The molecule has 0 amide bonds. The number of ether oxygens (including phenoxy) is 1. The SMILES string of the molecule is CC[C@@H](N)c1ccc(N(C)C2CCOC2)cn1. The van der Waals surface area contributed by atoms with Crippen molar-refractivity contribution in [2.45, 2.75) is 31.8 Å². The fourth-order valence-electron chi connectivity index (χ4n) is 2.07. The lowest BCUT2D eigenvalue weighted by atomic mass is 10.1. The highest BCUT2D eigenvalue weighted by molar-refractivity contribution is 5.45. The minimum Gasteiger partial charge on any atom is -0.379 e. The Morgan fingerprint density at radius 3 is 2.94 bits per heavy atom. The van der Waals surface area contributed by atoms with Gasteiger partial charge in [0.1, 0.15) is 0 Å². The van der Waals surface area contributed by atoms with E-state index in [0.29, 0.717) is 6.04 Å². The van der Waals surface area contributed by atoms with Crippen LogP contribution in [0.5, 0.6) is 0 Å². The molecule has 0 aliphatic carbocycles. The Morgan fingerprint density at radius 2 is 2.41 bits per heavy atom. The third kappa shape index (κ3) is 2.76. The van der Waals surface area contributed by atoms with Crippen LogP contribution in [0.2, 0.25) is 0 Å². The van der Waals surface area contributed by atoms with Crippen molar-refractivity contribution in [1.29, 1.82) is 0 Å². The summed E-state index contributed by atoms with van der Waals surface area (Å²) in [5.41, 5.74) is 8.04. The van der Waals surface area contributed by atoms with Crippen molar-refractivity contribution in [2.75, 3.05) is 25.2 Å². The zero-order chi connectivity index (χ0) is 12.3. The Balaban J connectivity index is 2.06. The summed E-state index contributed by atoms with van der Waals surface area (Å²) in [5, 5.41) is 0. The van der Waals surface area contributed by atoms with Crippen molar-refractivity contribution in [1.82, 2.24) is 4.98 Å². The molecule has 0 spiro atoms. The second-order valence-electron chi connectivity index (χ2n) is 4.58. The molecule has 1 unspecified atom stereocenters. The molecule has 17 heavy (non-hydrogen) atoms. The van der Waals surface area contributed by atoms with Crippen LogP contribution >= 0.6 is 0 Å². The van der Waals surface area contributed by atoms with Crippen LogP contribution < -0.4 is 10.6 Å². The molecule has 0 bridgehead atoms. The normalized spacial score (nSPS) is 21.5. The molecule has 1 saturated heterocycles. The average Bonchev–Trinajstić information content (AvgIpc) is 2.91. The Kier molecular flexibility index (Phi) is 3.97. The van der Waals surface area contributed by atoms with E-state index in [4.69, 9.17) is 10.5 Å². The van der Waals surface area contributed by atoms with Gasteiger partial charge in [0.2, 0.25) is 0 Å². The first kappa shape index (κ1) is 12.3. The number of nitrogens with zero attached hydrogens (tertiary/aromatic N) is 2. The molecule has 1 aliphatic heterocycles. The first-order valence-electron chi connectivity index (χ1n) is 6.24. The molecular weight excluding hydrogens is 214 g/mol. The number of hydrogen-bond donors (Lipinski definition) is 1. The maximum Gasteiger partial charge on any atom is 0.0670 e. The van der Waals surface area contributed by atoms with Crippen molar-refractivity contribution in [2.24, 2.45) is 5.73 Å². The van der Waals surface area contributed by atoms with Crippen LogP contribution in [0.1, 0.15) is 31.5 Å². The van der Waals surface area contributed by atoms with E-state index in [2.05, 4.69) is 29.9 Å². The molecule has 0 radical (unpaired) electrons. The van der Waals surface area contributed by atoms with E-state index < -0.39 is 0 Å². The third-order valence-corrected chi connectivity index (χ3v) is 3.45. The van der Waals surface area contributed by atoms with Crippen LogP contribution in [0.15, 0.2) is 18.3 Å². The van der Waals surface area contributed by atoms with Gasteiger partial charge in [0, 0.05) is 19.7 Å². The maximum absolute atomic E-state index is 5.95. The largest absolute Gasteiger partial charge is 0.379 e. The number of rotatable bonds is 4. The van der Waals surface area contributed by atoms with Crippen molar-refractivity contribution in [3.8, 4) is 0 Å². The number of nitrogens with two attached hydrogens (primary N) is 1. The quantitative estimate of drug-likeness (QED) is 0.863. The minimum absolute atomic E-state index is 0.0455. The molecule has 2 atom stereocenters. The summed E-state index contributed by atoms with van der Waals surface area (Å²) in [7, 11) is 2.09. The molecule has 1 aliphatic rings. The van der Waals surface area contributed by atoms with E-state index in [9.17, 15) is 0 Å². The summed E-state index contributed by atoms with van der Waals surface area (Å²) < 4.78 is 5.40. The van der Waals surface area contributed by atoms with Gasteiger partial charge in [0.15, 0.2) is 0 Å². The Morgan fingerprint density at radius 1 is 1.59 bits per heavy atom. The Bertz CT molecular complexity index is 346. The molecule has 2 N–H and O–H groups in total. The van der Waals surface area contributed by atoms with Gasteiger partial charge in [-0.1, -0.05) is 6.92 Å². The van der Waals surface area contributed by atoms with Crippen molar-refractivity contribution < 1.29 is 4.74 Å². The van der Waals surface area contributed by atoms with E-state index in [1.54, 1.807) is 0 Å². The lowest BCUT2D eigenvalue weighted by Gasteiger charge is -2.25. The van der Waals surface area contributed by atoms with Gasteiger partial charge >= 0.3 is 0 Å². The van der Waals surface area contributed by atoms with Gasteiger partial charge in [0.25, 0.3) is 0 Å². The van der Waals surface area contributed by atoms with Crippen molar-refractivity contribution >= 4 is 5.69 Å². The smallest absolute Gasteiger partial charge is 0.0670 e. The topological polar surface area (TPSA) is 51.4 Å². The summed E-state index contributed by atoms with van der Waals surface area (Å²) in [6, 6.07) is 4.64. The van der Waals surface area contributed by atoms with Gasteiger partial charge in [-0.25, -0.2) is 0 Å². The van der Waals surface area contributed by atoms with Crippen molar-refractivity contribution in [3.63, 3.8) is 0 Å². The highest BCUT2D eigenvalue weighted by Crippen LogP contribution is 2.20. The van der Waals surface area contributed by atoms with Crippen LogP contribution in [-0.4, -0.2) is 31.3 Å². The standard InChI is InChI=1S/C13H21N3O/c1-3-12(14)13-5-4-10(8-15-13)16(2)11-6-7-17-9-11/h4-5,8,11-12H,3,6-7,9,14H2,1-2H3/t11?,12-/m1/s1. The molecule has 2 rings (SSSR count). The van der Waals surface area contributed by atoms with E-state index in [1.165, 1.54) is 0 Å². The number of anilines is 1. The molecule has 4 nitrogen and oxygen atoms in total. The van der Waals surface area contributed by atoms with Crippen LogP contribution in [-0.2, 0) is 4.74 Å². The Hall–Kier alpha value is -1.13. The summed E-state index contributed by atoms with van der Waals surface area (Å²) in [6.45, 7) is 3.75. The van der Waals surface area contributed by atoms with Gasteiger partial charge in [-0.2, -0.15) is 0 Å². The van der Waals surface area contributed by atoms with Gasteiger partial charge in [-0.3, -0.25) is 4.98 Å². The summed E-state index contributed by atoms with van der Waals surface area (Å²) in [6.07, 6.45) is 3.91. The molecular formula is C13H21N3O. The number of hydrogen-bond acceptors (Lipinski definition) is 4. The average molecular weight is 235 g/mol. The fraction of sp³-hybridized carbons (Fsp3) is 0.615. The van der Waals surface area contributed by atoms with Crippen LogP contribution in [0.3, 0.4) is 0 Å². The van der Waals surface area contributed by atoms with E-state index in [1.807, 2.05) is 12.3 Å². The summed E-state index contributed by atoms with van der Waals surface area (Å²) in [4.78, 5) is 6.67. The molecule has 1 aromatic rings. The molecule has 0 saturated carbocycles. The first-order valence-corrected chi connectivity index (χ1v) is 6.24. The van der Waals surface area contributed by atoms with Gasteiger partial charge in [0.05, 0.1) is 30.2 Å². The fourth-order valence-corrected chi connectivity index (χ4v) is 2.07. The molecule has 1 aromatic heterocycles. The lowest BCUT2D eigenvalue weighted by molar-refractivity contribution is 0.193. The highest BCUT2D eigenvalue weighted by atomic mass is 16.5. The molecule has 4 heteroatoms. The second-order valence-corrected chi connectivity index (χ2v) is 4.58. The van der Waals surface area contributed by atoms with Crippen LogP contribution in [0.25, 0.3) is 0 Å². The zero-order valence-electron chi connectivity index (χ0n) is 10.6. The maximum atomic E-state index is 5.95. The zero-order valence-corrected chi connectivity index (χ0v) is 10.6.